The van der Waals surface area contributed by atoms with Crippen molar-refractivity contribution in [3.63, 3.8) is 0 Å². The molecule has 1 saturated heterocycles. The molecule has 1 amide bonds. The summed E-state index contributed by atoms with van der Waals surface area (Å²) < 4.78 is 5.03. The average molecular weight is 223 g/mol. The minimum Gasteiger partial charge on any atom is -0.436 e. The first-order valence-corrected chi connectivity index (χ1v) is 5.96. The van der Waals surface area contributed by atoms with Crippen LogP contribution in [0.1, 0.15) is 33.6 Å². The molecule has 16 heavy (non-hydrogen) atoms. The molecule has 0 N–H and O–H groups in total. The zero-order valence-corrected chi connectivity index (χ0v) is 10.5. The topological polar surface area (TPSA) is 29.5 Å². The van der Waals surface area contributed by atoms with Crippen LogP contribution >= 0.6 is 0 Å². The first-order valence-electron chi connectivity index (χ1n) is 5.96. The summed E-state index contributed by atoms with van der Waals surface area (Å²) >= 11 is 0. The average Bonchev–Trinajstić information content (AvgIpc) is 2.29. The number of amides is 1. The van der Waals surface area contributed by atoms with Gasteiger partial charge in [-0.2, -0.15) is 0 Å². The van der Waals surface area contributed by atoms with Crippen LogP contribution in [0.25, 0.3) is 0 Å². The van der Waals surface area contributed by atoms with E-state index < -0.39 is 0 Å². The van der Waals surface area contributed by atoms with Gasteiger partial charge in [-0.3, -0.25) is 0 Å². The normalized spacial score (nSPS) is 16.9. The van der Waals surface area contributed by atoms with E-state index in [4.69, 9.17) is 4.74 Å². The molecule has 0 saturated carbocycles. The van der Waals surface area contributed by atoms with Crippen LogP contribution in [0.3, 0.4) is 0 Å². The molecule has 3 heteroatoms. The number of likely N-dealkylation sites (tertiary alicyclic amines) is 1. The zero-order valence-electron chi connectivity index (χ0n) is 10.5. The van der Waals surface area contributed by atoms with Crippen LogP contribution in [0, 0.1) is 23.7 Å². The Kier molecular flexibility index (Phi) is 5.18. The summed E-state index contributed by atoms with van der Waals surface area (Å²) in [7, 11) is 0. The van der Waals surface area contributed by atoms with Crippen LogP contribution in [0.15, 0.2) is 0 Å². The molecule has 1 aliphatic heterocycles. The van der Waals surface area contributed by atoms with Crippen LogP contribution in [-0.2, 0) is 4.74 Å². The summed E-state index contributed by atoms with van der Waals surface area (Å²) in [6, 6.07) is 0. The number of rotatable bonds is 2. The third-order valence-electron chi connectivity index (χ3n) is 3.19. The summed E-state index contributed by atoms with van der Waals surface area (Å²) in [6.45, 7) is 8.08. The smallest absolute Gasteiger partial charge is 0.410 e. The van der Waals surface area contributed by atoms with Crippen molar-refractivity contribution in [2.45, 2.75) is 33.6 Å². The number of carbonyl (C=O) groups is 1. The molecule has 0 aliphatic carbocycles. The molecule has 0 aromatic rings. The third-order valence-corrected chi connectivity index (χ3v) is 3.19. The second-order valence-electron chi connectivity index (χ2n) is 4.55. The van der Waals surface area contributed by atoms with E-state index in [1.165, 1.54) is 0 Å². The van der Waals surface area contributed by atoms with Gasteiger partial charge in [0.25, 0.3) is 0 Å². The number of nitrogens with zero attached hydrogens (tertiary/aromatic N) is 1. The summed E-state index contributed by atoms with van der Waals surface area (Å²) in [5.74, 6) is 6.89. The minimum atomic E-state index is -0.218. The van der Waals surface area contributed by atoms with Crippen LogP contribution in [0.4, 0.5) is 4.79 Å². The molecular weight excluding hydrogens is 202 g/mol. The van der Waals surface area contributed by atoms with Gasteiger partial charge in [0.2, 0.25) is 0 Å². The quantitative estimate of drug-likeness (QED) is 0.673. The second-order valence-corrected chi connectivity index (χ2v) is 4.55. The van der Waals surface area contributed by atoms with Crippen molar-refractivity contribution in [1.82, 2.24) is 4.90 Å². The second kappa shape index (κ2) is 6.42. The van der Waals surface area contributed by atoms with Gasteiger partial charge in [-0.15, -0.1) is 5.92 Å². The van der Waals surface area contributed by atoms with E-state index in [1.807, 2.05) is 0 Å². The lowest BCUT2D eigenvalue weighted by Crippen LogP contribution is -2.39. The van der Waals surface area contributed by atoms with E-state index in [0.717, 1.165) is 31.8 Å². The standard InChI is InChI=1S/C13H21NO2/c1-4-5-10-16-13(15)14-8-6-12(7-9-14)11(2)3/h11-12H,6-10H2,1-3H3. The van der Waals surface area contributed by atoms with Gasteiger partial charge in [-0.1, -0.05) is 19.8 Å². The molecule has 1 fully saturated rings. The molecule has 0 aromatic carbocycles. The fourth-order valence-electron chi connectivity index (χ4n) is 2.01. The van der Waals surface area contributed by atoms with Crippen molar-refractivity contribution in [2.75, 3.05) is 19.7 Å². The van der Waals surface area contributed by atoms with Crippen molar-refractivity contribution in [3.05, 3.63) is 0 Å². The highest BCUT2D eigenvalue weighted by molar-refractivity contribution is 5.67. The Morgan fingerprint density at radius 3 is 2.56 bits per heavy atom. The predicted molar refractivity (Wildman–Crippen MR) is 63.9 cm³/mol. The third kappa shape index (κ3) is 3.77. The van der Waals surface area contributed by atoms with Crippen LogP contribution < -0.4 is 0 Å². The van der Waals surface area contributed by atoms with Gasteiger partial charge >= 0.3 is 6.09 Å². The summed E-state index contributed by atoms with van der Waals surface area (Å²) in [4.78, 5) is 13.4. The maximum absolute atomic E-state index is 11.6. The van der Waals surface area contributed by atoms with E-state index in [9.17, 15) is 4.79 Å². The van der Waals surface area contributed by atoms with Gasteiger partial charge in [0, 0.05) is 13.1 Å². The molecule has 1 aliphatic rings. The maximum atomic E-state index is 11.6. The summed E-state index contributed by atoms with van der Waals surface area (Å²) in [6.07, 6.45) is 1.96. The lowest BCUT2D eigenvalue weighted by molar-refractivity contribution is 0.0918. The number of hydrogen-bond acceptors (Lipinski definition) is 2. The number of hydrogen-bond donors (Lipinski definition) is 0. The lowest BCUT2D eigenvalue weighted by atomic mass is 9.87. The minimum absolute atomic E-state index is 0.208. The van der Waals surface area contributed by atoms with Gasteiger partial charge in [0.1, 0.15) is 0 Å². The molecular formula is C13H21NO2. The molecule has 0 atom stereocenters. The van der Waals surface area contributed by atoms with Crippen molar-refractivity contribution in [1.29, 1.82) is 0 Å². The fraction of sp³-hybridized carbons (Fsp3) is 0.769. The molecule has 0 spiro atoms. The van der Waals surface area contributed by atoms with E-state index in [1.54, 1.807) is 11.8 Å². The molecule has 90 valence electrons. The Morgan fingerprint density at radius 2 is 2.06 bits per heavy atom. The van der Waals surface area contributed by atoms with Crippen LogP contribution in [-0.4, -0.2) is 30.7 Å². The molecule has 3 nitrogen and oxygen atoms in total. The van der Waals surface area contributed by atoms with Gasteiger partial charge in [0.15, 0.2) is 6.61 Å². The van der Waals surface area contributed by atoms with Crippen molar-refractivity contribution < 1.29 is 9.53 Å². The maximum Gasteiger partial charge on any atom is 0.410 e. The number of ether oxygens (including phenoxy) is 1. The SMILES string of the molecule is CC#CCOC(=O)N1CCC(C(C)C)CC1. The summed E-state index contributed by atoms with van der Waals surface area (Å²) in [5, 5.41) is 0. The van der Waals surface area contributed by atoms with Gasteiger partial charge < -0.3 is 9.64 Å². The van der Waals surface area contributed by atoms with Gasteiger partial charge in [-0.25, -0.2) is 4.79 Å². The first-order chi connectivity index (χ1) is 7.65. The molecule has 0 bridgehead atoms. The van der Waals surface area contributed by atoms with Crippen molar-refractivity contribution >= 4 is 6.09 Å². The molecule has 0 radical (unpaired) electrons. The van der Waals surface area contributed by atoms with Crippen LogP contribution in [0.2, 0.25) is 0 Å². The lowest BCUT2D eigenvalue weighted by Gasteiger charge is -2.32. The molecule has 1 rings (SSSR count). The highest BCUT2D eigenvalue weighted by Gasteiger charge is 2.24. The fourth-order valence-corrected chi connectivity index (χ4v) is 2.01. The largest absolute Gasteiger partial charge is 0.436 e. The van der Waals surface area contributed by atoms with Crippen molar-refractivity contribution in [2.24, 2.45) is 11.8 Å². The highest BCUT2D eigenvalue weighted by atomic mass is 16.6. The van der Waals surface area contributed by atoms with Gasteiger partial charge in [0.05, 0.1) is 0 Å². The highest BCUT2D eigenvalue weighted by Crippen LogP contribution is 2.24. The Hall–Kier alpha value is -1.17. The number of carbonyl (C=O) groups excluding carboxylic acids is 1. The van der Waals surface area contributed by atoms with E-state index in [0.29, 0.717) is 5.92 Å². The first kappa shape index (κ1) is 12.9. The Morgan fingerprint density at radius 1 is 1.44 bits per heavy atom. The Bertz CT molecular complexity index is 280. The molecule has 1 heterocycles. The summed E-state index contributed by atoms with van der Waals surface area (Å²) in [5.41, 5.74) is 0. The zero-order chi connectivity index (χ0) is 12.0. The molecule has 0 unspecified atom stereocenters. The molecule has 0 aromatic heterocycles. The number of piperidine rings is 1. The van der Waals surface area contributed by atoms with E-state index in [2.05, 4.69) is 25.7 Å². The van der Waals surface area contributed by atoms with E-state index >= 15 is 0 Å². The van der Waals surface area contributed by atoms with Crippen LogP contribution in [0.5, 0.6) is 0 Å². The Labute approximate surface area is 98.1 Å². The van der Waals surface area contributed by atoms with E-state index in [-0.39, 0.29) is 12.7 Å². The van der Waals surface area contributed by atoms with Gasteiger partial charge in [-0.05, 0) is 31.6 Å². The van der Waals surface area contributed by atoms with Crippen molar-refractivity contribution in [3.8, 4) is 11.8 Å². The monoisotopic (exact) mass is 223 g/mol. The Balaban J connectivity index is 2.29. The predicted octanol–water partition coefficient (Wildman–Crippen LogP) is 2.51.